The van der Waals surface area contributed by atoms with Crippen LogP contribution in [0.2, 0.25) is 0 Å². The normalized spacial score (nSPS) is 25.4. The first kappa shape index (κ1) is 12.5. The molecule has 2 rings (SSSR count). The van der Waals surface area contributed by atoms with Gasteiger partial charge in [-0.05, 0) is 19.3 Å². The van der Waals surface area contributed by atoms with Gasteiger partial charge in [0.1, 0.15) is 0 Å². The summed E-state index contributed by atoms with van der Waals surface area (Å²) in [6.07, 6.45) is 5.96. The maximum absolute atomic E-state index is 6.17. The van der Waals surface area contributed by atoms with E-state index in [0.29, 0.717) is 12.0 Å². The zero-order chi connectivity index (χ0) is 12.3. The van der Waals surface area contributed by atoms with Crippen LogP contribution in [-0.4, -0.2) is 34.0 Å². The number of nitrogens with two attached hydrogens (primary N) is 1. The monoisotopic (exact) mass is 234 g/mol. The molecule has 4 nitrogen and oxygen atoms in total. The summed E-state index contributed by atoms with van der Waals surface area (Å²) in [6, 6.07) is 0.326. The fraction of sp³-hybridized carbons (Fsp3) is 0.692. The summed E-state index contributed by atoms with van der Waals surface area (Å²) in [6.45, 7) is 7.21. The van der Waals surface area contributed by atoms with Crippen molar-refractivity contribution in [1.82, 2.24) is 14.9 Å². The van der Waals surface area contributed by atoms with Crippen LogP contribution in [0.3, 0.4) is 0 Å². The smallest absolute Gasteiger partial charge is 0.0756 e. The molecular weight excluding hydrogens is 212 g/mol. The lowest BCUT2D eigenvalue weighted by atomic mass is 9.99. The summed E-state index contributed by atoms with van der Waals surface area (Å²) in [7, 11) is 0. The first-order valence-corrected chi connectivity index (χ1v) is 6.45. The molecule has 1 aliphatic rings. The van der Waals surface area contributed by atoms with E-state index in [-0.39, 0.29) is 0 Å². The topological polar surface area (TPSA) is 55.0 Å². The predicted molar refractivity (Wildman–Crippen MR) is 68.4 cm³/mol. The quantitative estimate of drug-likeness (QED) is 0.854. The van der Waals surface area contributed by atoms with E-state index in [1.165, 1.54) is 12.8 Å². The van der Waals surface area contributed by atoms with Crippen molar-refractivity contribution in [2.24, 2.45) is 11.7 Å². The zero-order valence-electron chi connectivity index (χ0n) is 10.8. The van der Waals surface area contributed by atoms with Crippen molar-refractivity contribution in [3.8, 4) is 0 Å². The second-order valence-corrected chi connectivity index (χ2v) is 5.00. The fourth-order valence-corrected chi connectivity index (χ4v) is 2.60. The summed E-state index contributed by atoms with van der Waals surface area (Å²) >= 11 is 0. The summed E-state index contributed by atoms with van der Waals surface area (Å²) in [5, 5.41) is 0. The van der Waals surface area contributed by atoms with Gasteiger partial charge in [-0.15, -0.1) is 0 Å². The molecule has 0 aliphatic carbocycles. The van der Waals surface area contributed by atoms with E-state index in [1.807, 2.05) is 6.92 Å². The molecule has 4 heteroatoms. The number of aromatic nitrogens is 2. The maximum Gasteiger partial charge on any atom is 0.0756 e. The molecule has 0 radical (unpaired) electrons. The maximum atomic E-state index is 6.17. The molecule has 0 bridgehead atoms. The van der Waals surface area contributed by atoms with Gasteiger partial charge >= 0.3 is 0 Å². The van der Waals surface area contributed by atoms with E-state index < -0.39 is 0 Å². The minimum atomic E-state index is 0.326. The van der Waals surface area contributed by atoms with Crippen LogP contribution in [0.5, 0.6) is 0 Å². The van der Waals surface area contributed by atoms with Gasteiger partial charge in [0.2, 0.25) is 0 Å². The highest BCUT2D eigenvalue weighted by Gasteiger charge is 2.29. The lowest BCUT2D eigenvalue weighted by Crippen LogP contribution is -2.29. The molecule has 0 aromatic carbocycles. The Morgan fingerprint density at radius 1 is 1.35 bits per heavy atom. The Labute approximate surface area is 103 Å². The van der Waals surface area contributed by atoms with Crippen LogP contribution in [-0.2, 0) is 6.54 Å². The van der Waals surface area contributed by atoms with Gasteiger partial charge in [-0.2, -0.15) is 0 Å². The molecule has 2 N–H and O–H groups in total. The minimum Gasteiger partial charge on any atom is -0.326 e. The number of nitrogens with zero attached hydrogens (tertiary/aromatic N) is 3. The second-order valence-electron chi connectivity index (χ2n) is 5.00. The Kier molecular flexibility index (Phi) is 4.07. The van der Waals surface area contributed by atoms with Crippen molar-refractivity contribution in [1.29, 1.82) is 0 Å². The van der Waals surface area contributed by atoms with Gasteiger partial charge in [0, 0.05) is 38.1 Å². The van der Waals surface area contributed by atoms with Crippen molar-refractivity contribution in [3.05, 3.63) is 23.8 Å². The van der Waals surface area contributed by atoms with E-state index in [0.717, 1.165) is 31.0 Å². The van der Waals surface area contributed by atoms with Gasteiger partial charge in [-0.25, -0.2) is 0 Å². The van der Waals surface area contributed by atoms with Gasteiger partial charge in [0.05, 0.1) is 11.4 Å². The van der Waals surface area contributed by atoms with Crippen LogP contribution >= 0.6 is 0 Å². The van der Waals surface area contributed by atoms with Gasteiger partial charge in [0.15, 0.2) is 0 Å². The summed E-state index contributed by atoms with van der Waals surface area (Å²) in [4.78, 5) is 11.1. The Balaban J connectivity index is 1.95. The molecule has 1 aromatic heterocycles. The van der Waals surface area contributed by atoms with Gasteiger partial charge < -0.3 is 5.73 Å². The van der Waals surface area contributed by atoms with Crippen LogP contribution in [0.4, 0.5) is 0 Å². The minimum absolute atomic E-state index is 0.326. The lowest BCUT2D eigenvalue weighted by molar-refractivity contribution is 0.307. The van der Waals surface area contributed by atoms with Crippen LogP contribution < -0.4 is 5.73 Å². The van der Waals surface area contributed by atoms with Crippen LogP contribution in [0.1, 0.15) is 31.2 Å². The fourth-order valence-electron chi connectivity index (χ4n) is 2.60. The zero-order valence-corrected chi connectivity index (χ0v) is 10.8. The Bertz CT molecular complexity index is 366. The van der Waals surface area contributed by atoms with Crippen LogP contribution in [0, 0.1) is 12.8 Å². The largest absolute Gasteiger partial charge is 0.326 e. The predicted octanol–water partition coefficient (Wildman–Crippen LogP) is 1.34. The number of hydrogen-bond donors (Lipinski definition) is 1. The Morgan fingerprint density at radius 2 is 2.12 bits per heavy atom. The van der Waals surface area contributed by atoms with Crippen LogP contribution in [0.25, 0.3) is 0 Å². The van der Waals surface area contributed by atoms with E-state index in [2.05, 4.69) is 21.8 Å². The highest BCUT2D eigenvalue weighted by molar-refractivity contribution is 5.08. The number of aryl methyl sites for hydroxylation is 1. The first-order chi connectivity index (χ1) is 8.20. The average Bonchev–Trinajstić information content (AvgIpc) is 2.63. The molecule has 0 saturated carbocycles. The molecule has 1 aromatic rings. The third kappa shape index (κ3) is 3.01. The third-order valence-electron chi connectivity index (χ3n) is 3.58. The summed E-state index contributed by atoms with van der Waals surface area (Å²) in [5.41, 5.74) is 8.28. The molecule has 0 unspecified atom stereocenters. The van der Waals surface area contributed by atoms with Crippen molar-refractivity contribution in [3.63, 3.8) is 0 Å². The van der Waals surface area contributed by atoms with E-state index >= 15 is 0 Å². The van der Waals surface area contributed by atoms with Gasteiger partial charge in [-0.1, -0.05) is 13.3 Å². The first-order valence-electron chi connectivity index (χ1n) is 6.45. The highest BCUT2D eigenvalue weighted by Crippen LogP contribution is 2.21. The van der Waals surface area contributed by atoms with Crippen molar-refractivity contribution in [2.75, 3.05) is 13.1 Å². The van der Waals surface area contributed by atoms with Gasteiger partial charge in [0.25, 0.3) is 0 Å². The molecule has 1 fully saturated rings. The van der Waals surface area contributed by atoms with E-state index in [9.17, 15) is 0 Å². The lowest BCUT2D eigenvalue weighted by Gasteiger charge is -2.15. The standard InChI is InChI=1S/C13H22N4/c1-3-4-11-7-17(8-12(11)14)9-13-10(2)15-5-6-16-13/h5-6,11-12H,3-4,7-9,14H2,1-2H3/t11-,12-/m0/s1. The summed E-state index contributed by atoms with van der Waals surface area (Å²) in [5.74, 6) is 0.650. The van der Waals surface area contributed by atoms with E-state index in [4.69, 9.17) is 5.73 Å². The van der Waals surface area contributed by atoms with E-state index in [1.54, 1.807) is 12.4 Å². The number of likely N-dealkylation sites (tertiary alicyclic amines) is 1. The molecular formula is C13H22N4. The van der Waals surface area contributed by atoms with Gasteiger partial charge in [-0.3, -0.25) is 14.9 Å². The number of rotatable bonds is 4. The molecule has 17 heavy (non-hydrogen) atoms. The van der Waals surface area contributed by atoms with Crippen molar-refractivity contribution < 1.29 is 0 Å². The molecule has 2 atom stereocenters. The third-order valence-corrected chi connectivity index (χ3v) is 3.58. The SMILES string of the molecule is CCC[C@H]1CN(Cc2nccnc2C)C[C@@H]1N. The number of hydrogen-bond acceptors (Lipinski definition) is 4. The second kappa shape index (κ2) is 5.56. The summed E-state index contributed by atoms with van der Waals surface area (Å²) < 4.78 is 0. The molecule has 1 aliphatic heterocycles. The Hall–Kier alpha value is -1.00. The molecule has 0 amide bonds. The molecule has 0 spiro atoms. The van der Waals surface area contributed by atoms with Crippen molar-refractivity contribution in [2.45, 2.75) is 39.3 Å². The molecule has 1 saturated heterocycles. The highest BCUT2D eigenvalue weighted by atomic mass is 15.2. The van der Waals surface area contributed by atoms with Crippen molar-refractivity contribution >= 4 is 0 Å². The molecule has 94 valence electrons. The molecule has 2 heterocycles. The Morgan fingerprint density at radius 3 is 2.82 bits per heavy atom. The van der Waals surface area contributed by atoms with Crippen LogP contribution in [0.15, 0.2) is 12.4 Å². The average molecular weight is 234 g/mol.